The summed E-state index contributed by atoms with van der Waals surface area (Å²) in [5, 5.41) is 0. The molecule has 2 heterocycles. The second-order valence-corrected chi connectivity index (χ2v) is 5.45. The van der Waals surface area contributed by atoms with Crippen LogP contribution in [0.15, 0.2) is 47.3 Å². The van der Waals surface area contributed by atoms with Crippen LogP contribution in [0.5, 0.6) is 0 Å². The van der Waals surface area contributed by atoms with Crippen LogP contribution in [0, 0.1) is 6.92 Å². The average molecular weight is 310 g/mol. The van der Waals surface area contributed by atoms with Gasteiger partial charge >= 0.3 is 5.97 Å². The van der Waals surface area contributed by atoms with Gasteiger partial charge in [-0.1, -0.05) is 29.8 Å². The van der Waals surface area contributed by atoms with Crippen LogP contribution >= 0.6 is 0 Å². The number of H-pyrrole nitrogens is 1. The van der Waals surface area contributed by atoms with E-state index in [9.17, 15) is 9.59 Å². The van der Waals surface area contributed by atoms with E-state index in [4.69, 9.17) is 4.74 Å². The molecular weight excluding hydrogens is 292 g/mol. The number of aryl methyl sites for hydroxylation is 1. The first-order valence-electron chi connectivity index (χ1n) is 7.53. The van der Waals surface area contributed by atoms with Crippen LogP contribution in [0.3, 0.4) is 0 Å². The Morgan fingerprint density at radius 1 is 1.22 bits per heavy atom. The zero-order chi connectivity index (χ0) is 16.4. The van der Waals surface area contributed by atoms with E-state index in [0.29, 0.717) is 24.4 Å². The first-order chi connectivity index (χ1) is 11.1. The van der Waals surface area contributed by atoms with Crippen molar-refractivity contribution in [2.24, 2.45) is 0 Å². The third-order valence-corrected chi connectivity index (χ3v) is 3.70. The molecule has 0 fully saturated rings. The van der Waals surface area contributed by atoms with E-state index in [2.05, 4.69) is 11.1 Å². The lowest BCUT2D eigenvalue weighted by molar-refractivity contribution is 0.0515. The van der Waals surface area contributed by atoms with Crippen molar-refractivity contribution >= 4 is 17.0 Å². The Hall–Kier alpha value is -2.82. The van der Waals surface area contributed by atoms with E-state index in [0.717, 1.165) is 16.6 Å². The fraction of sp³-hybridized carbons (Fsp3) is 0.222. The van der Waals surface area contributed by atoms with Crippen LogP contribution in [0.2, 0.25) is 0 Å². The monoisotopic (exact) mass is 310 g/mol. The molecule has 0 aliphatic heterocycles. The van der Waals surface area contributed by atoms with Gasteiger partial charge in [0.05, 0.1) is 17.6 Å². The molecule has 23 heavy (non-hydrogen) atoms. The summed E-state index contributed by atoms with van der Waals surface area (Å²) in [5.41, 5.74) is 3.91. The molecule has 0 saturated heterocycles. The van der Waals surface area contributed by atoms with E-state index < -0.39 is 5.97 Å². The summed E-state index contributed by atoms with van der Waals surface area (Å²) < 4.78 is 7.01. The van der Waals surface area contributed by atoms with Crippen molar-refractivity contribution < 1.29 is 9.53 Å². The van der Waals surface area contributed by atoms with E-state index in [1.54, 1.807) is 19.1 Å². The molecule has 2 aromatic heterocycles. The molecule has 0 atom stereocenters. The molecule has 1 N–H and O–H groups in total. The van der Waals surface area contributed by atoms with Crippen molar-refractivity contribution in [1.82, 2.24) is 9.55 Å². The summed E-state index contributed by atoms with van der Waals surface area (Å²) in [7, 11) is 0. The highest BCUT2D eigenvalue weighted by molar-refractivity contribution is 5.94. The molecule has 1 aromatic carbocycles. The summed E-state index contributed by atoms with van der Waals surface area (Å²) in [6.45, 7) is 4.64. The first-order valence-corrected chi connectivity index (χ1v) is 7.53. The molecule has 0 aliphatic carbocycles. The minimum atomic E-state index is -0.391. The van der Waals surface area contributed by atoms with Crippen molar-refractivity contribution in [2.75, 3.05) is 6.61 Å². The summed E-state index contributed by atoms with van der Waals surface area (Å²) in [6.07, 6.45) is 0. The number of ether oxygens (including phenoxy) is 1. The van der Waals surface area contributed by atoms with Gasteiger partial charge in [-0.25, -0.2) is 4.79 Å². The molecule has 118 valence electrons. The number of aromatic amines is 1. The molecule has 0 spiro atoms. The number of fused-ring (bicyclic) bond motifs is 1. The van der Waals surface area contributed by atoms with Crippen molar-refractivity contribution in [1.29, 1.82) is 0 Å². The Balaban J connectivity index is 2.13. The van der Waals surface area contributed by atoms with Gasteiger partial charge < -0.3 is 14.3 Å². The molecule has 0 unspecified atom stereocenters. The predicted octanol–water partition coefficient (Wildman–Crippen LogP) is 2.86. The molecule has 0 radical (unpaired) electrons. The van der Waals surface area contributed by atoms with Crippen LogP contribution in [-0.4, -0.2) is 22.1 Å². The molecule has 5 nitrogen and oxygen atoms in total. The Labute approximate surface area is 133 Å². The number of hydrogen-bond donors (Lipinski definition) is 1. The molecule has 0 amide bonds. The molecule has 0 bridgehead atoms. The fourth-order valence-corrected chi connectivity index (χ4v) is 2.71. The average Bonchev–Trinajstić information content (AvgIpc) is 2.85. The van der Waals surface area contributed by atoms with Gasteiger partial charge in [-0.2, -0.15) is 0 Å². The SMILES string of the molecule is CCOC(=O)c1cc2[nH]c(=O)ccc2n1Cc1cccc(C)c1. The summed E-state index contributed by atoms with van der Waals surface area (Å²) in [5.74, 6) is -0.391. The van der Waals surface area contributed by atoms with Crippen molar-refractivity contribution in [2.45, 2.75) is 20.4 Å². The van der Waals surface area contributed by atoms with Gasteiger partial charge in [-0.05, 0) is 31.5 Å². The maximum Gasteiger partial charge on any atom is 0.355 e. The maximum absolute atomic E-state index is 12.2. The van der Waals surface area contributed by atoms with Gasteiger partial charge in [0, 0.05) is 12.6 Å². The number of benzene rings is 1. The van der Waals surface area contributed by atoms with Gasteiger partial charge in [0.2, 0.25) is 5.56 Å². The van der Waals surface area contributed by atoms with Gasteiger partial charge in [0.1, 0.15) is 5.69 Å². The largest absolute Gasteiger partial charge is 0.461 e. The number of carbonyl (C=O) groups excluding carboxylic acids is 1. The summed E-state index contributed by atoms with van der Waals surface area (Å²) >= 11 is 0. The number of nitrogens with zero attached hydrogens (tertiary/aromatic N) is 1. The van der Waals surface area contributed by atoms with Crippen LogP contribution < -0.4 is 5.56 Å². The van der Waals surface area contributed by atoms with Crippen LogP contribution in [0.1, 0.15) is 28.5 Å². The van der Waals surface area contributed by atoms with E-state index in [1.165, 1.54) is 6.07 Å². The standard InChI is InChI=1S/C18H18N2O3/c1-3-23-18(22)16-10-14-15(7-8-17(21)19-14)20(16)11-13-6-4-5-12(2)9-13/h4-10H,3,11H2,1-2H3,(H,19,21). The number of rotatable bonds is 4. The molecule has 0 aliphatic rings. The Morgan fingerprint density at radius 3 is 2.78 bits per heavy atom. The van der Waals surface area contributed by atoms with Crippen molar-refractivity contribution in [3.05, 3.63) is 69.6 Å². The lowest BCUT2D eigenvalue weighted by atomic mass is 10.1. The number of carbonyl (C=O) groups is 1. The highest BCUT2D eigenvalue weighted by atomic mass is 16.5. The smallest absolute Gasteiger partial charge is 0.355 e. The lowest BCUT2D eigenvalue weighted by Gasteiger charge is -2.10. The Bertz CT molecular complexity index is 921. The van der Waals surface area contributed by atoms with E-state index in [1.807, 2.05) is 29.7 Å². The number of nitrogens with one attached hydrogen (secondary N) is 1. The van der Waals surface area contributed by atoms with Gasteiger partial charge in [0.15, 0.2) is 0 Å². The predicted molar refractivity (Wildman–Crippen MR) is 88.8 cm³/mol. The van der Waals surface area contributed by atoms with Crippen LogP contribution in [0.25, 0.3) is 11.0 Å². The summed E-state index contributed by atoms with van der Waals surface area (Å²) in [6, 6.07) is 13.0. The molecule has 3 aromatic rings. The van der Waals surface area contributed by atoms with Gasteiger partial charge in [-0.3, -0.25) is 4.79 Å². The normalized spacial score (nSPS) is 10.9. The van der Waals surface area contributed by atoms with Crippen molar-refractivity contribution in [3.8, 4) is 0 Å². The van der Waals surface area contributed by atoms with E-state index in [-0.39, 0.29) is 5.56 Å². The second-order valence-electron chi connectivity index (χ2n) is 5.45. The third kappa shape index (κ3) is 3.04. The zero-order valence-electron chi connectivity index (χ0n) is 13.1. The van der Waals surface area contributed by atoms with E-state index >= 15 is 0 Å². The van der Waals surface area contributed by atoms with Gasteiger partial charge in [-0.15, -0.1) is 0 Å². The minimum Gasteiger partial charge on any atom is -0.461 e. The first kappa shape index (κ1) is 15.1. The quantitative estimate of drug-likeness (QED) is 0.754. The Kier molecular flexibility index (Phi) is 4.02. The number of pyridine rings is 1. The molecule has 0 saturated carbocycles. The molecular formula is C18H18N2O3. The maximum atomic E-state index is 12.2. The number of esters is 1. The second kappa shape index (κ2) is 6.12. The van der Waals surface area contributed by atoms with Crippen LogP contribution in [0.4, 0.5) is 0 Å². The number of hydrogen-bond acceptors (Lipinski definition) is 3. The minimum absolute atomic E-state index is 0.194. The van der Waals surface area contributed by atoms with Gasteiger partial charge in [0.25, 0.3) is 0 Å². The Morgan fingerprint density at radius 2 is 2.04 bits per heavy atom. The van der Waals surface area contributed by atoms with Crippen LogP contribution in [-0.2, 0) is 11.3 Å². The third-order valence-electron chi connectivity index (χ3n) is 3.70. The molecule has 5 heteroatoms. The highest BCUT2D eigenvalue weighted by Crippen LogP contribution is 2.20. The molecule has 3 rings (SSSR count). The zero-order valence-corrected chi connectivity index (χ0v) is 13.1. The van der Waals surface area contributed by atoms with Crippen molar-refractivity contribution in [3.63, 3.8) is 0 Å². The highest BCUT2D eigenvalue weighted by Gasteiger charge is 2.17. The topological polar surface area (TPSA) is 64.1 Å². The fourth-order valence-electron chi connectivity index (χ4n) is 2.71. The number of aromatic nitrogens is 2. The lowest BCUT2D eigenvalue weighted by Crippen LogP contribution is -2.13. The summed E-state index contributed by atoms with van der Waals surface area (Å²) in [4.78, 5) is 26.5.